The number of carbonyl (C=O) groups is 2. The molecule has 0 spiro atoms. The van der Waals surface area contributed by atoms with Crippen molar-refractivity contribution in [1.29, 1.82) is 0 Å². The van der Waals surface area contributed by atoms with Crippen LogP contribution in [0.3, 0.4) is 0 Å². The molecule has 3 rings (SSSR count). The van der Waals surface area contributed by atoms with Gasteiger partial charge in [0.25, 0.3) is 0 Å². The Labute approximate surface area is 126 Å². The molecule has 6 heteroatoms. The Morgan fingerprint density at radius 1 is 1.10 bits per heavy atom. The highest BCUT2D eigenvalue weighted by Gasteiger charge is 2.52. The Balaban J connectivity index is 2.00. The van der Waals surface area contributed by atoms with E-state index in [1.54, 1.807) is 0 Å². The molecular weight excluding hydrogens is 301 g/mol. The van der Waals surface area contributed by atoms with Crippen LogP contribution in [0.15, 0.2) is 12.1 Å². The zero-order valence-electron chi connectivity index (χ0n) is 10.8. The third-order valence-corrected chi connectivity index (χ3v) is 4.71. The quantitative estimate of drug-likeness (QED) is 0.810. The van der Waals surface area contributed by atoms with Crippen LogP contribution in [0.5, 0.6) is 5.75 Å². The zero-order valence-corrected chi connectivity index (χ0v) is 12.3. The van der Waals surface area contributed by atoms with Crippen molar-refractivity contribution in [3.63, 3.8) is 0 Å². The molecule has 1 aliphatic carbocycles. The fourth-order valence-electron chi connectivity index (χ4n) is 3.21. The van der Waals surface area contributed by atoms with E-state index in [1.807, 2.05) is 0 Å². The van der Waals surface area contributed by atoms with Crippen LogP contribution in [-0.2, 0) is 9.59 Å². The van der Waals surface area contributed by atoms with Crippen LogP contribution < -0.4 is 4.90 Å². The second kappa shape index (κ2) is 4.64. The van der Waals surface area contributed by atoms with Crippen molar-refractivity contribution in [2.24, 2.45) is 17.8 Å². The summed E-state index contributed by atoms with van der Waals surface area (Å²) in [4.78, 5) is 26.0. The van der Waals surface area contributed by atoms with Gasteiger partial charge in [-0.05, 0) is 30.9 Å². The van der Waals surface area contributed by atoms with Crippen LogP contribution in [0.2, 0.25) is 10.0 Å². The highest BCUT2D eigenvalue weighted by atomic mass is 35.5. The number of aromatic hydroxyl groups is 1. The first-order valence-corrected chi connectivity index (χ1v) is 7.21. The maximum absolute atomic E-state index is 12.4. The summed E-state index contributed by atoms with van der Waals surface area (Å²) in [6, 6.07) is 2.78. The smallest absolute Gasteiger partial charge is 0.237 e. The highest BCUT2D eigenvalue weighted by molar-refractivity contribution is 6.38. The summed E-state index contributed by atoms with van der Waals surface area (Å²) >= 11 is 11.7. The largest absolute Gasteiger partial charge is 0.505 e. The van der Waals surface area contributed by atoms with Crippen molar-refractivity contribution in [2.45, 2.75) is 19.8 Å². The predicted molar refractivity (Wildman–Crippen MR) is 76.0 cm³/mol. The number of nitrogens with zero attached hydrogens (tertiary/aromatic N) is 1. The van der Waals surface area contributed by atoms with E-state index < -0.39 is 0 Å². The molecule has 0 radical (unpaired) electrons. The summed E-state index contributed by atoms with van der Waals surface area (Å²) in [6.45, 7) is 2.05. The molecule has 2 amide bonds. The van der Waals surface area contributed by atoms with Crippen molar-refractivity contribution in [2.75, 3.05) is 4.90 Å². The van der Waals surface area contributed by atoms with Crippen molar-refractivity contribution in [3.05, 3.63) is 22.2 Å². The second-order valence-corrected chi connectivity index (χ2v) is 6.37. The molecule has 1 N–H and O–H groups in total. The van der Waals surface area contributed by atoms with Gasteiger partial charge in [0.15, 0.2) is 5.75 Å². The summed E-state index contributed by atoms with van der Waals surface area (Å²) < 4.78 is 0. The molecule has 0 aromatic heterocycles. The predicted octanol–water partition coefficient (Wildman–Crippen LogP) is 3.23. The van der Waals surface area contributed by atoms with Crippen LogP contribution >= 0.6 is 23.2 Å². The number of anilines is 1. The molecule has 0 bridgehead atoms. The SMILES string of the molecule is CC1CC2C(=O)N(c3cc(Cl)c(O)c(Cl)c3)C(=O)C2C1. The first kappa shape index (κ1) is 13.7. The lowest BCUT2D eigenvalue weighted by Crippen LogP contribution is -2.32. The number of phenols is 1. The Morgan fingerprint density at radius 3 is 2.00 bits per heavy atom. The average Bonchev–Trinajstić information content (AvgIpc) is 2.86. The first-order valence-electron chi connectivity index (χ1n) is 6.46. The van der Waals surface area contributed by atoms with Gasteiger partial charge in [-0.1, -0.05) is 30.1 Å². The van der Waals surface area contributed by atoms with Gasteiger partial charge in [0.1, 0.15) is 0 Å². The fourth-order valence-corrected chi connectivity index (χ4v) is 3.69. The van der Waals surface area contributed by atoms with Gasteiger partial charge in [-0.3, -0.25) is 9.59 Å². The summed E-state index contributed by atoms with van der Waals surface area (Å²) in [5, 5.41) is 9.60. The van der Waals surface area contributed by atoms with Crippen molar-refractivity contribution in [1.82, 2.24) is 0 Å². The van der Waals surface area contributed by atoms with Crippen molar-refractivity contribution < 1.29 is 14.7 Å². The van der Waals surface area contributed by atoms with Gasteiger partial charge in [0.2, 0.25) is 11.8 Å². The molecule has 2 unspecified atom stereocenters. The fraction of sp³-hybridized carbons (Fsp3) is 0.429. The van der Waals surface area contributed by atoms with Gasteiger partial charge < -0.3 is 5.11 Å². The molecule has 1 saturated heterocycles. The van der Waals surface area contributed by atoms with Gasteiger partial charge >= 0.3 is 0 Å². The molecule has 1 aromatic rings. The number of hydrogen-bond acceptors (Lipinski definition) is 3. The summed E-state index contributed by atoms with van der Waals surface area (Å²) in [5.74, 6) is -0.700. The maximum atomic E-state index is 12.4. The van der Waals surface area contributed by atoms with Gasteiger partial charge in [-0.15, -0.1) is 0 Å². The molecule has 1 heterocycles. The van der Waals surface area contributed by atoms with E-state index in [2.05, 4.69) is 6.92 Å². The Kier molecular flexibility index (Phi) is 3.18. The number of imide groups is 1. The molecule has 1 aliphatic heterocycles. The van der Waals surface area contributed by atoms with Crippen LogP contribution in [-0.4, -0.2) is 16.9 Å². The van der Waals surface area contributed by atoms with E-state index >= 15 is 0 Å². The van der Waals surface area contributed by atoms with Gasteiger partial charge in [-0.25, -0.2) is 4.90 Å². The van der Waals surface area contributed by atoms with E-state index in [9.17, 15) is 14.7 Å². The van der Waals surface area contributed by atoms with Crippen LogP contribution in [0, 0.1) is 17.8 Å². The number of hydrogen-bond donors (Lipinski definition) is 1. The maximum Gasteiger partial charge on any atom is 0.237 e. The normalized spacial score (nSPS) is 29.1. The van der Waals surface area contributed by atoms with Gasteiger partial charge in [0.05, 0.1) is 27.6 Å². The summed E-state index contributed by atoms with van der Waals surface area (Å²) in [7, 11) is 0. The number of carbonyl (C=O) groups excluding carboxylic acids is 2. The van der Waals surface area contributed by atoms with E-state index in [1.165, 1.54) is 12.1 Å². The Hall–Kier alpha value is -1.26. The minimum Gasteiger partial charge on any atom is -0.505 e. The molecule has 2 aliphatic rings. The van der Waals surface area contributed by atoms with Crippen molar-refractivity contribution >= 4 is 40.7 Å². The number of phenolic OH excluding ortho intramolecular Hbond substituents is 1. The van der Waals surface area contributed by atoms with Crippen LogP contribution in [0.1, 0.15) is 19.8 Å². The first-order chi connectivity index (χ1) is 9.40. The Bertz CT molecular complexity index is 569. The third kappa shape index (κ3) is 1.90. The molecule has 106 valence electrons. The minimum absolute atomic E-state index is 0.0264. The number of benzene rings is 1. The standard InChI is InChI=1S/C14H13Cl2NO3/c1-6-2-8-9(3-6)14(20)17(13(8)19)7-4-10(15)12(18)11(16)5-7/h4-6,8-9,18H,2-3H2,1H3. The molecule has 1 aromatic carbocycles. The topological polar surface area (TPSA) is 57.6 Å². The molecular formula is C14H13Cl2NO3. The second-order valence-electron chi connectivity index (χ2n) is 5.56. The van der Waals surface area contributed by atoms with E-state index in [4.69, 9.17) is 23.2 Å². The molecule has 4 nitrogen and oxygen atoms in total. The van der Waals surface area contributed by atoms with Crippen molar-refractivity contribution in [3.8, 4) is 5.75 Å². The monoisotopic (exact) mass is 313 g/mol. The summed E-state index contributed by atoms with van der Waals surface area (Å²) in [6.07, 6.45) is 1.48. The Morgan fingerprint density at radius 2 is 1.55 bits per heavy atom. The van der Waals surface area contributed by atoms with E-state index in [0.717, 1.165) is 17.7 Å². The highest BCUT2D eigenvalue weighted by Crippen LogP contribution is 2.45. The number of amides is 2. The number of halogens is 2. The van der Waals surface area contributed by atoms with Crippen LogP contribution in [0.25, 0.3) is 0 Å². The molecule has 2 atom stereocenters. The zero-order chi connectivity index (χ0) is 14.6. The van der Waals surface area contributed by atoms with Gasteiger partial charge in [-0.2, -0.15) is 0 Å². The average molecular weight is 314 g/mol. The molecule has 2 fully saturated rings. The van der Waals surface area contributed by atoms with E-state index in [0.29, 0.717) is 11.6 Å². The third-order valence-electron chi connectivity index (χ3n) is 4.13. The molecule has 20 heavy (non-hydrogen) atoms. The van der Waals surface area contributed by atoms with Crippen LogP contribution in [0.4, 0.5) is 5.69 Å². The molecule has 1 saturated carbocycles. The van der Waals surface area contributed by atoms with E-state index in [-0.39, 0.29) is 39.4 Å². The lowest BCUT2D eigenvalue weighted by Gasteiger charge is -2.18. The number of fused-ring (bicyclic) bond motifs is 1. The lowest BCUT2D eigenvalue weighted by atomic mass is 10.00. The number of rotatable bonds is 1. The lowest BCUT2D eigenvalue weighted by molar-refractivity contribution is -0.123. The minimum atomic E-state index is -0.245. The summed E-state index contributed by atoms with van der Waals surface area (Å²) in [5.41, 5.74) is 0.329. The van der Waals surface area contributed by atoms with Gasteiger partial charge in [0, 0.05) is 0 Å².